The number of ether oxygens (including phenoxy) is 4. The van der Waals surface area contributed by atoms with Crippen molar-refractivity contribution in [2.75, 3.05) is 26.4 Å². The maximum Gasteiger partial charge on any atom is 0.217 e. The average Bonchev–Trinajstić information content (AvgIpc) is 3.30. The summed E-state index contributed by atoms with van der Waals surface area (Å²) < 4.78 is 36.2. The Labute approximate surface area is 172 Å². The number of rotatable bonds is 2. The van der Waals surface area contributed by atoms with Crippen LogP contribution in [0.1, 0.15) is 51.8 Å². The van der Waals surface area contributed by atoms with Crippen molar-refractivity contribution < 1.29 is 27.8 Å². The predicted octanol–water partition coefficient (Wildman–Crippen LogP) is 3.82. The summed E-state index contributed by atoms with van der Waals surface area (Å²) in [4.78, 5) is 0. The van der Waals surface area contributed by atoms with Gasteiger partial charge in [-0.25, -0.2) is 0 Å². The van der Waals surface area contributed by atoms with Crippen LogP contribution >= 0.6 is 0 Å². The van der Waals surface area contributed by atoms with E-state index in [0.29, 0.717) is 26.4 Å². The Hall–Kier alpha value is -1.38. The molecule has 5 rings (SSSR count). The van der Waals surface area contributed by atoms with Gasteiger partial charge in [-0.2, -0.15) is 0 Å². The topological polar surface area (TPSA) is 63.2 Å². The zero-order valence-electron chi connectivity index (χ0n) is 18.1. The summed E-state index contributed by atoms with van der Waals surface area (Å²) in [6.45, 7) is 15.7. The molecule has 7 heteroatoms. The first-order valence-electron chi connectivity index (χ1n) is 10.3. The molecule has 0 atom stereocenters. The first kappa shape index (κ1) is 19.6. The standard InChI is InChI=1S/C22H30O6Si/c1-21(2)9-23-19(24-10-21)13-7-15-17(27-13)18-16(29(15,5)6)8-14(28-18)20-25-11-22(3,4)12-26-20/h7-8,19-20H,9-12H2,1-6H3. The van der Waals surface area contributed by atoms with E-state index in [-0.39, 0.29) is 10.8 Å². The van der Waals surface area contributed by atoms with Gasteiger partial charge < -0.3 is 27.8 Å². The fourth-order valence-corrected chi connectivity index (χ4v) is 6.94. The Morgan fingerprint density at radius 2 is 1.03 bits per heavy atom. The van der Waals surface area contributed by atoms with Gasteiger partial charge in [-0.05, 0) is 22.5 Å². The van der Waals surface area contributed by atoms with E-state index in [9.17, 15) is 0 Å². The van der Waals surface area contributed by atoms with E-state index >= 15 is 0 Å². The van der Waals surface area contributed by atoms with E-state index in [0.717, 1.165) is 23.0 Å². The van der Waals surface area contributed by atoms with Crippen LogP contribution in [0.15, 0.2) is 21.0 Å². The molecule has 0 spiro atoms. The lowest BCUT2D eigenvalue weighted by molar-refractivity contribution is -0.233. The van der Waals surface area contributed by atoms with Crippen molar-refractivity contribution in [1.29, 1.82) is 0 Å². The maximum atomic E-state index is 6.24. The molecule has 3 aliphatic heterocycles. The lowest BCUT2D eigenvalue weighted by Gasteiger charge is -2.33. The number of furan rings is 2. The third-order valence-electron chi connectivity index (χ3n) is 6.02. The molecule has 2 fully saturated rings. The molecule has 2 saturated heterocycles. The first-order chi connectivity index (χ1) is 13.6. The van der Waals surface area contributed by atoms with Crippen molar-refractivity contribution in [3.63, 3.8) is 0 Å². The highest BCUT2D eigenvalue weighted by molar-refractivity contribution is 7.03. The molecule has 2 aromatic rings. The van der Waals surface area contributed by atoms with Crippen LogP contribution in [-0.2, 0) is 18.9 Å². The molecule has 0 aliphatic carbocycles. The highest BCUT2D eigenvalue weighted by atomic mass is 28.3. The Kier molecular flexibility index (Phi) is 4.26. The molecule has 0 aromatic carbocycles. The largest absolute Gasteiger partial charge is 0.452 e. The van der Waals surface area contributed by atoms with Gasteiger partial charge >= 0.3 is 0 Å². The molecule has 2 aromatic heterocycles. The molecule has 29 heavy (non-hydrogen) atoms. The van der Waals surface area contributed by atoms with Gasteiger partial charge in [-0.3, -0.25) is 0 Å². The molecule has 158 valence electrons. The monoisotopic (exact) mass is 418 g/mol. The summed E-state index contributed by atoms with van der Waals surface area (Å²) in [7, 11) is -1.93. The molecular formula is C22H30O6Si. The summed E-state index contributed by atoms with van der Waals surface area (Å²) in [6.07, 6.45) is -0.910. The summed E-state index contributed by atoms with van der Waals surface area (Å²) in [5.41, 5.74) is 0.0506. The molecule has 0 amide bonds. The Bertz CT molecular complexity index is 843. The Balaban J connectivity index is 1.43. The lowest BCUT2D eigenvalue weighted by atomic mass is 9.95. The van der Waals surface area contributed by atoms with Gasteiger partial charge in [-0.1, -0.05) is 40.8 Å². The predicted molar refractivity (Wildman–Crippen MR) is 110 cm³/mol. The SMILES string of the molecule is CC1(C)COC(c2cc3c(o2)-c2oc(C4OCC(C)(C)CO4)cc2[Si]3(C)C)OC1. The molecule has 0 saturated carbocycles. The third kappa shape index (κ3) is 3.23. The van der Waals surface area contributed by atoms with Crippen LogP contribution in [0, 0.1) is 10.8 Å². The molecule has 0 unspecified atom stereocenters. The van der Waals surface area contributed by atoms with Gasteiger partial charge in [0.05, 0.1) is 26.4 Å². The van der Waals surface area contributed by atoms with Crippen LogP contribution in [0.5, 0.6) is 0 Å². The van der Waals surface area contributed by atoms with Crippen molar-refractivity contribution in [3.05, 3.63) is 23.7 Å². The molecule has 0 bridgehead atoms. The number of hydrogen-bond donors (Lipinski definition) is 0. The minimum absolute atomic E-state index is 0.0253. The quantitative estimate of drug-likeness (QED) is 0.691. The van der Waals surface area contributed by atoms with Crippen LogP contribution in [-0.4, -0.2) is 34.5 Å². The summed E-state index contributed by atoms with van der Waals surface area (Å²) in [6, 6.07) is 4.21. The van der Waals surface area contributed by atoms with E-state index < -0.39 is 20.7 Å². The van der Waals surface area contributed by atoms with Gasteiger partial charge in [0, 0.05) is 10.8 Å². The zero-order valence-corrected chi connectivity index (χ0v) is 19.1. The minimum atomic E-state index is -1.93. The van der Waals surface area contributed by atoms with Crippen LogP contribution in [0.3, 0.4) is 0 Å². The van der Waals surface area contributed by atoms with Crippen molar-refractivity contribution >= 4 is 18.4 Å². The van der Waals surface area contributed by atoms with E-state index in [1.54, 1.807) is 0 Å². The summed E-state index contributed by atoms with van der Waals surface area (Å²) in [5, 5.41) is 2.47. The van der Waals surface area contributed by atoms with Crippen molar-refractivity contribution in [2.45, 2.75) is 53.4 Å². The van der Waals surface area contributed by atoms with Crippen LogP contribution in [0.2, 0.25) is 13.1 Å². The van der Waals surface area contributed by atoms with E-state index in [1.807, 2.05) is 0 Å². The number of fused-ring (bicyclic) bond motifs is 3. The fourth-order valence-electron chi connectivity index (χ4n) is 4.18. The fraction of sp³-hybridized carbons (Fsp3) is 0.636. The van der Waals surface area contributed by atoms with Gasteiger partial charge in [0.1, 0.15) is 8.07 Å². The highest BCUT2D eigenvalue weighted by Gasteiger charge is 2.46. The third-order valence-corrected chi connectivity index (χ3v) is 9.46. The van der Waals surface area contributed by atoms with Crippen molar-refractivity contribution in [2.24, 2.45) is 10.8 Å². The van der Waals surface area contributed by atoms with Gasteiger partial charge in [0.25, 0.3) is 0 Å². The van der Waals surface area contributed by atoms with Crippen LogP contribution in [0.4, 0.5) is 0 Å². The molecule has 6 nitrogen and oxygen atoms in total. The van der Waals surface area contributed by atoms with Crippen LogP contribution in [0.25, 0.3) is 11.5 Å². The van der Waals surface area contributed by atoms with Gasteiger partial charge in [0.15, 0.2) is 23.0 Å². The molecule has 3 aliphatic rings. The second kappa shape index (κ2) is 6.31. The Morgan fingerprint density at radius 3 is 1.38 bits per heavy atom. The maximum absolute atomic E-state index is 6.24. The molecule has 0 radical (unpaired) electrons. The zero-order chi connectivity index (χ0) is 20.6. The van der Waals surface area contributed by atoms with E-state index in [2.05, 4.69) is 52.9 Å². The molecular weight excluding hydrogens is 388 g/mol. The summed E-state index contributed by atoms with van der Waals surface area (Å²) in [5.74, 6) is 3.07. The van der Waals surface area contributed by atoms with Crippen LogP contribution < -0.4 is 10.4 Å². The normalized spacial score (nSPS) is 25.7. The second-order valence-corrected chi connectivity index (χ2v) is 15.0. The molecule has 5 heterocycles. The van der Waals surface area contributed by atoms with Crippen molar-refractivity contribution in [1.82, 2.24) is 0 Å². The average molecular weight is 419 g/mol. The number of hydrogen-bond acceptors (Lipinski definition) is 6. The summed E-state index contributed by atoms with van der Waals surface area (Å²) >= 11 is 0. The van der Waals surface area contributed by atoms with E-state index in [4.69, 9.17) is 27.8 Å². The smallest absolute Gasteiger partial charge is 0.217 e. The Morgan fingerprint density at radius 1 is 0.690 bits per heavy atom. The highest BCUT2D eigenvalue weighted by Crippen LogP contribution is 2.39. The second-order valence-electron chi connectivity index (χ2n) is 10.6. The van der Waals surface area contributed by atoms with E-state index in [1.165, 1.54) is 10.4 Å². The van der Waals surface area contributed by atoms with Crippen molar-refractivity contribution in [3.8, 4) is 11.5 Å². The lowest BCUT2D eigenvalue weighted by Crippen LogP contribution is -2.48. The first-order valence-corrected chi connectivity index (χ1v) is 13.3. The van der Waals surface area contributed by atoms with Gasteiger partial charge in [0.2, 0.25) is 12.6 Å². The molecule has 0 N–H and O–H groups in total. The minimum Gasteiger partial charge on any atom is -0.452 e. The van der Waals surface area contributed by atoms with Gasteiger partial charge in [-0.15, -0.1) is 0 Å².